The molecule has 1 aromatic carbocycles. The van der Waals surface area contributed by atoms with Crippen molar-refractivity contribution in [3.05, 3.63) is 48.0 Å². The number of esters is 1. The molecule has 0 amide bonds. The lowest BCUT2D eigenvalue weighted by Crippen LogP contribution is -2.22. The van der Waals surface area contributed by atoms with E-state index in [0.717, 1.165) is 0 Å². The van der Waals surface area contributed by atoms with Crippen LogP contribution >= 0.6 is 0 Å². The molecule has 1 aromatic rings. The fourth-order valence-corrected chi connectivity index (χ4v) is 1.14. The van der Waals surface area contributed by atoms with Gasteiger partial charge in [0, 0.05) is 0 Å². The second-order valence-corrected chi connectivity index (χ2v) is 3.43. The summed E-state index contributed by atoms with van der Waals surface area (Å²) in [5.41, 5.74) is -0.879. The Labute approximate surface area is 96.7 Å². The highest BCUT2D eigenvalue weighted by atomic mass is 19.4. The molecule has 17 heavy (non-hydrogen) atoms. The molecule has 0 N–H and O–H groups in total. The molecule has 0 heterocycles. The lowest BCUT2D eigenvalue weighted by atomic mass is 10.1. The van der Waals surface area contributed by atoms with Gasteiger partial charge in [-0.1, -0.05) is 36.9 Å². The van der Waals surface area contributed by atoms with E-state index in [1.165, 1.54) is 6.92 Å². The first-order valence-corrected chi connectivity index (χ1v) is 4.84. The molecule has 92 valence electrons. The van der Waals surface area contributed by atoms with E-state index in [0.29, 0.717) is 5.56 Å². The van der Waals surface area contributed by atoms with Gasteiger partial charge in [0.05, 0.1) is 0 Å². The Morgan fingerprint density at radius 2 is 1.82 bits per heavy atom. The molecule has 2 nitrogen and oxygen atoms in total. The Morgan fingerprint density at radius 3 is 2.29 bits per heavy atom. The van der Waals surface area contributed by atoms with Crippen LogP contribution in [0.3, 0.4) is 0 Å². The van der Waals surface area contributed by atoms with Gasteiger partial charge < -0.3 is 4.74 Å². The van der Waals surface area contributed by atoms with Gasteiger partial charge in [0.25, 0.3) is 0 Å². The number of carbonyl (C=O) groups is 1. The van der Waals surface area contributed by atoms with E-state index in [4.69, 9.17) is 0 Å². The summed E-state index contributed by atoms with van der Waals surface area (Å²) in [6.45, 7) is 4.17. The molecular formula is C12H11F3O2. The van der Waals surface area contributed by atoms with Crippen molar-refractivity contribution in [1.29, 1.82) is 0 Å². The van der Waals surface area contributed by atoms with Crippen molar-refractivity contribution in [3.63, 3.8) is 0 Å². The maximum atomic E-state index is 12.2. The van der Waals surface area contributed by atoms with Crippen LogP contribution in [0.1, 0.15) is 18.6 Å². The van der Waals surface area contributed by atoms with Crippen LogP contribution in [-0.2, 0) is 9.53 Å². The molecule has 0 saturated heterocycles. The van der Waals surface area contributed by atoms with Crippen LogP contribution in [0.15, 0.2) is 42.5 Å². The molecule has 0 aliphatic rings. The summed E-state index contributed by atoms with van der Waals surface area (Å²) in [7, 11) is 0. The van der Waals surface area contributed by atoms with E-state index in [-0.39, 0.29) is 0 Å². The van der Waals surface area contributed by atoms with Gasteiger partial charge in [0.2, 0.25) is 0 Å². The third-order valence-electron chi connectivity index (χ3n) is 2.14. The Bertz CT molecular complexity index is 410. The Hall–Kier alpha value is -1.78. The summed E-state index contributed by atoms with van der Waals surface area (Å²) in [4.78, 5) is 11.1. The normalized spacial score (nSPS) is 12.9. The molecule has 0 aliphatic heterocycles. The topological polar surface area (TPSA) is 26.3 Å². The third-order valence-corrected chi connectivity index (χ3v) is 2.14. The van der Waals surface area contributed by atoms with Gasteiger partial charge >= 0.3 is 12.1 Å². The average Bonchev–Trinajstić information content (AvgIpc) is 2.27. The summed E-state index contributed by atoms with van der Waals surface area (Å²) in [6, 6.07) is 8.49. The van der Waals surface area contributed by atoms with Crippen LogP contribution in [-0.4, -0.2) is 12.1 Å². The lowest BCUT2D eigenvalue weighted by Gasteiger charge is -2.15. The van der Waals surface area contributed by atoms with E-state index < -0.39 is 23.8 Å². The lowest BCUT2D eigenvalue weighted by molar-refractivity contribution is -0.155. The zero-order chi connectivity index (χ0) is 13.1. The first-order chi connectivity index (χ1) is 7.82. The van der Waals surface area contributed by atoms with Gasteiger partial charge in [0.1, 0.15) is 11.7 Å². The minimum Gasteiger partial charge on any atom is -0.454 e. The van der Waals surface area contributed by atoms with Gasteiger partial charge in [0.15, 0.2) is 0 Å². The van der Waals surface area contributed by atoms with Crippen molar-refractivity contribution < 1.29 is 22.7 Å². The Kier molecular flexibility index (Phi) is 3.93. The van der Waals surface area contributed by atoms with Gasteiger partial charge in [-0.25, -0.2) is 4.79 Å². The molecule has 0 aromatic heterocycles. The highest BCUT2D eigenvalue weighted by Crippen LogP contribution is 2.27. The maximum Gasteiger partial charge on any atom is 0.422 e. The molecule has 0 aliphatic carbocycles. The molecule has 1 atom stereocenters. The monoisotopic (exact) mass is 244 g/mol. The van der Waals surface area contributed by atoms with Crippen LogP contribution < -0.4 is 0 Å². The van der Waals surface area contributed by atoms with Crippen LogP contribution in [0.2, 0.25) is 0 Å². The predicted octanol–water partition coefficient (Wildman–Crippen LogP) is 3.41. The van der Waals surface area contributed by atoms with Crippen LogP contribution in [0.5, 0.6) is 0 Å². The molecule has 0 fully saturated rings. The largest absolute Gasteiger partial charge is 0.454 e. The molecule has 0 saturated carbocycles. The smallest absolute Gasteiger partial charge is 0.422 e. The number of alkyl halides is 3. The summed E-state index contributed by atoms with van der Waals surface area (Å²) in [5.74, 6) is -1.45. The van der Waals surface area contributed by atoms with E-state index in [2.05, 4.69) is 11.3 Å². The van der Waals surface area contributed by atoms with Crippen molar-refractivity contribution in [3.8, 4) is 0 Å². The van der Waals surface area contributed by atoms with E-state index in [1.807, 2.05) is 0 Å². The second kappa shape index (κ2) is 5.03. The highest BCUT2D eigenvalue weighted by molar-refractivity contribution is 5.89. The number of hydrogen-bond donors (Lipinski definition) is 0. The summed E-state index contributed by atoms with van der Waals surface area (Å²) in [5, 5.41) is 0. The summed E-state index contributed by atoms with van der Waals surface area (Å²) in [6.07, 6.45) is -5.50. The van der Waals surface area contributed by atoms with E-state index >= 15 is 0 Å². The number of hydrogen-bond acceptors (Lipinski definition) is 2. The molecule has 1 rings (SSSR count). The number of halogens is 3. The van der Waals surface area contributed by atoms with Crippen molar-refractivity contribution in [2.45, 2.75) is 19.2 Å². The molecule has 5 heteroatoms. The number of benzene rings is 1. The Balaban J connectivity index is 2.68. The fraction of sp³-hybridized carbons (Fsp3) is 0.250. The quantitative estimate of drug-likeness (QED) is 0.601. The van der Waals surface area contributed by atoms with Gasteiger partial charge in [-0.2, -0.15) is 13.2 Å². The van der Waals surface area contributed by atoms with E-state index in [1.54, 1.807) is 30.3 Å². The standard InChI is InChI=1S/C12H11F3O2/c1-8(12(13,14)15)11(16)17-9(2)10-6-4-3-5-7-10/h3-7,9H,1H2,2H3. The summed E-state index contributed by atoms with van der Waals surface area (Å²) >= 11 is 0. The average molecular weight is 244 g/mol. The third kappa shape index (κ3) is 3.62. The highest BCUT2D eigenvalue weighted by Gasteiger charge is 2.38. The molecule has 1 unspecified atom stereocenters. The molecular weight excluding hydrogens is 233 g/mol. The van der Waals surface area contributed by atoms with E-state index in [9.17, 15) is 18.0 Å². The first-order valence-electron chi connectivity index (χ1n) is 4.84. The van der Waals surface area contributed by atoms with Crippen molar-refractivity contribution >= 4 is 5.97 Å². The molecule has 0 bridgehead atoms. The summed E-state index contributed by atoms with van der Waals surface area (Å²) < 4.78 is 41.1. The number of carbonyl (C=O) groups excluding carboxylic acids is 1. The van der Waals surface area contributed by atoms with Crippen molar-refractivity contribution in [2.75, 3.05) is 0 Å². The van der Waals surface area contributed by atoms with Gasteiger partial charge in [-0.05, 0) is 12.5 Å². The second-order valence-electron chi connectivity index (χ2n) is 3.43. The SMILES string of the molecule is C=C(C(=O)OC(C)c1ccccc1)C(F)(F)F. The molecule has 0 radical (unpaired) electrons. The van der Waals surface area contributed by atoms with Crippen LogP contribution in [0.4, 0.5) is 13.2 Å². The number of ether oxygens (including phenoxy) is 1. The van der Waals surface area contributed by atoms with Crippen LogP contribution in [0, 0.1) is 0 Å². The van der Waals surface area contributed by atoms with Crippen molar-refractivity contribution in [2.24, 2.45) is 0 Å². The molecule has 0 spiro atoms. The van der Waals surface area contributed by atoms with Crippen molar-refractivity contribution in [1.82, 2.24) is 0 Å². The fourth-order valence-electron chi connectivity index (χ4n) is 1.14. The van der Waals surface area contributed by atoms with Gasteiger partial charge in [-0.15, -0.1) is 0 Å². The maximum absolute atomic E-state index is 12.2. The van der Waals surface area contributed by atoms with Gasteiger partial charge in [-0.3, -0.25) is 0 Å². The zero-order valence-corrected chi connectivity index (χ0v) is 9.12. The van der Waals surface area contributed by atoms with Crippen LogP contribution in [0.25, 0.3) is 0 Å². The Morgan fingerprint density at radius 1 is 1.29 bits per heavy atom. The zero-order valence-electron chi connectivity index (χ0n) is 9.12. The predicted molar refractivity (Wildman–Crippen MR) is 56.1 cm³/mol. The number of rotatable bonds is 3. The first kappa shape index (κ1) is 13.3. The minimum absolute atomic E-state index is 0.621. The minimum atomic E-state index is -4.76.